The number of hydrogen-bond acceptors (Lipinski definition) is 2. The van der Waals surface area contributed by atoms with Crippen LogP contribution in [0.4, 0.5) is 42.5 Å². The van der Waals surface area contributed by atoms with E-state index in [2.05, 4.69) is 5.32 Å². The molecule has 0 aliphatic carbocycles. The molecule has 0 atom stereocenters. The van der Waals surface area contributed by atoms with Crippen LogP contribution in [0.25, 0.3) is 0 Å². The van der Waals surface area contributed by atoms with Crippen molar-refractivity contribution in [2.75, 3.05) is 23.3 Å². The van der Waals surface area contributed by atoms with Gasteiger partial charge in [-0.15, -0.1) is 0 Å². The summed E-state index contributed by atoms with van der Waals surface area (Å²) in [4.78, 5) is 29.1. The molecule has 0 spiro atoms. The molecular formula is C27H23F6N3O2. The number of aryl methyl sites for hydroxylation is 1. The molecule has 4 rings (SSSR count). The molecule has 5 nitrogen and oxygen atoms in total. The van der Waals surface area contributed by atoms with Crippen LogP contribution in [0, 0.1) is 6.92 Å². The van der Waals surface area contributed by atoms with Gasteiger partial charge in [0.25, 0.3) is 5.91 Å². The number of rotatable bonds is 5. The number of anilines is 2. The van der Waals surface area contributed by atoms with E-state index in [0.29, 0.717) is 30.8 Å². The van der Waals surface area contributed by atoms with E-state index in [1.807, 2.05) is 0 Å². The molecule has 0 unspecified atom stereocenters. The lowest BCUT2D eigenvalue weighted by molar-refractivity contribution is -0.138. The molecule has 0 bridgehead atoms. The van der Waals surface area contributed by atoms with Gasteiger partial charge in [-0.3, -0.25) is 9.69 Å². The van der Waals surface area contributed by atoms with Crippen molar-refractivity contribution in [3.63, 3.8) is 0 Å². The number of carbonyl (C=O) groups excluding carboxylic acids is 2. The predicted octanol–water partition coefficient (Wildman–Crippen LogP) is 7.12. The Kier molecular flexibility index (Phi) is 7.39. The zero-order valence-electron chi connectivity index (χ0n) is 20.2. The normalized spacial score (nSPS) is 14.6. The second-order valence-electron chi connectivity index (χ2n) is 8.96. The fourth-order valence-electron chi connectivity index (χ4n) is 4.19. The lowest BCUT2D eigenvalue weighted by Gasteiger charge is -2.36. The van der Waals surface area contributed by atoms with Crippen molar-refractivity contribution < 1.29 is 35.9 Å². The largest absolute Gasteiger partial charge is 0.416 e. The molecule has 1 saturated heterocycles. The first-order valence-electron chi connectivity index (χ1n) is 11.6. The highest BCUT2D eigenvalue weighted by Crippen LogP contribution is 2.33. The van der Waals surface area contributed by atoms with Crippen LogP contribution in [0.5, 0.6) is 0 Å². The van der Waals surface area contributed by atoms with E-state index < -0.39 is 35.4 Å². The number of alkyl halides is 6. The number of benzene rings is 3. The number of hydrogen-bond donors (Lipinski definition) is 1. The summed E-state index contributed by atoms with van der Waals surface area (Å²) in [6, 6.07) is 13.2. The van der Waals surface area contributed by atoms with Crippen LogP contribution in [0.1, 0.15) is 39.0 Å². The van der Waals surface area contributed by atoms with Gasteiger partial charge >= 0.3 is 18.4 Å². The van der Waals surface area contributed by atoms with E-state index in [9.17, 15) is 35.9 Å². The molecule has 3 amide bonds. The van der Waals surface area contributed by atoms with E-state index in [0.717, 1.165) is 35.9 Å². The number of nitrogens with zero attached hydrogens (tertiary/aromatic N) is 2. The lowest BCUT2D eigenvalue weighted by atomic mass is 10.1. The highest BCUT2D eigenvalue weighted by atomic mass is 19.4. The van der Waals surface area contributed by atoms with E-state index in [4.69, 9.17) is 0 Å². The predicted molar refractivity (Wildman–Crippen MR) is 130 cm³/mol. The van der Waals surface area contributed by atoms with Crippen LogP contribution in [-0.4, -0.2) is 29.9 Å². The van der Waals surface area contributed by atoms with Crippen molar-refractivity contribution in [2.45, 2.75) is 32.2 Å². The maximum Gasteiger partial charge on any atom is 0.416 e. The Balaban J connectivity index is 1.55. The minimum absolute atomic E-state index is 0.0886. The van der Waals surface area contributed by atoms with Crippen molar-refractivity contribution in [3.05, 3.63) is 94.5 Å². The fourth-order valence-corrected chi connectivity index (χ4v) is 4.19. The molecule has 3 aromatic carbocycles. The fraction of sp³-hybridized carbons (Fsp3) is 0.259. The van der Waals surface area contributed by atoms with Crippen molar-refractivity contribution in [3.8, 4) is 0 Å². The first-order valence-corrected chi connectivity index (χ1v) is 11.6. The summed E-state index contributed by atoms with van der Waals surface area (Å²) in [5, 5.41) is 2.62. The third-order valence-electron chi connectivity index (χ3n) is 6.11. The van der Waals surface area contributed by atoms with Gasteiger partial charge in [-0.25, -0.2) is 4.79 Å². The summed E-state index contributed by atoms with van der Waals surface area (Å²) >= 11 is 0. The van der Waals surface area contributed by atoms with Crippen LogP contribution < -0.4 is 10.2 Å². The summed E-state index contributed by atoms with van der Waals surface area (Å²) < 4.78 is 77.9. The van der Waals surface area contributed by atoms with Gasteiger partial charge in [0, 0.05) is 25.2 Å². The van der Waals surface area contributed by atoms with Gasteiger partial charge in [-0.1, -0.05) is 24.3 Å². The van der Waals surface area contributed by atoms with Crippen LogP contribution in [0.3, 0.4) is 0 Å². The average molecular weight is 535 g/mol. The molecule has 1 aliphatic heterocycles. The summed E-state index contributed by atoms with van der Waals surface area (Å²) in [6.45, 7) is 2.55. The molecule has 11 heteroatoms. The van der Waals surface area contributed by atoms with Crippen LogP contribution >= 0.6 is 0 Å². The molecule has 0 saturated carbocycles. The average Bonchev–Trinajstić information content (AvgIpc) is 2.85. The van der Waals surface area contributed by atoms with Gasteiger partial charge in [0.1, 0.15) is 0 Å². The second-order valence-corrected chi connectivity index (χ2v) is 8.96. The number of urea groups is 1. The number of nitrogens with one attached hydrogen (secondary N) is 1. The lowest BCUT2D eigenvalue weighted by Crippen LogP contribution is -2.49. The Labute approximate surface area is 214 Å². The molecule has 38 heavy (non-hydrogen) atoms. The van der Waals surface area contributed by atoms with Crippen molar-refractivity contribution in [1.82, 2.24) is 4.90 Å². The third kappa shape index (κ3) is 6.09. The maximum atomic E-state index is 13.3. The summed E-state index contributed by atoms with van der Waals surface area (Å²) in [5.41, 5.74) is -0.0564. The molecule has 1 heterocycles. The summed E-state index contributed by atoms with van der Waals surface area (Å²) in [6.07, 6.45) is -8.51. The topological polar surface area (TPSA) is 52.6 Å². The zero-order valence-corrected chi connectivity index (χ0v) is 20.2. The molecular weight excluding hydrogens is 512 g/mol. The zero-order chi connectivity index (χ0) is 27.7. The Morgan fingerprint density at radius 3 is 2.21 bits per heavy atom. The van der Waals surface area contributed by atoms with E-state index in [-0.39, 0.29) is 17.8 Å². The van der Waals surface area contributed by atoms with E-state index in [1.165, 1.54) is 28.0 Å². The molecule has 0 radical (unpaired) electrons. The molecule has 0 aromatic heterocycles. The third-order valence-corrected chi connectivity index (χ3v) is 6.11. The molecule has 200 valence electrons. The van der Waals surface area contributed by atoms with E-state index >= 15 is 0 Å². The standard InChI is InChI=1S/C27H23F6N3O2/c1-17-6-11-23(22(14-17)34-24(37)19-4-2-5-21(15-19)27(31,32)33)36-13-3-12-35(25(36)38)16-18-7-9-20(10-8-18)26(28,29)30/h2,4-11,14-15H,3,12-13,16H2,1H3,(H,34,37). The summed E-state index contributed by atoms with van der Waals surface area (Å²) in [7, 11) is 0. The van der Waals surface area contributed by atoms with Crippen LogP contribution in [0.2, 0.25) is 0 Å². The SMILES string of the molecule is Cc1ccc(N2CCCN(Cc3ccc(C(F)(F)F)cc3)C2=O)c(NC(=O)c2cccc(C(F)(F)F)c2)c1. The maximum absolute atomic E-state index is 13.3. The number of halogens is 6. The molecule has 1 N–H and O–H groups in total. The van der Waals surface area contributed by atoms with Gasteiger partial charge in [0.05, 0.1) is 22.5 Å². The molecule has 1 aliphatic rings. The van der Waals surface area contributed by atoms with Gasteiger partial charge < -0.3 is 10.2 Å². The Morgan fingerprint density at radius 1 is 0.868 bits per heavy atom. The second kappa shape index (κ2) is 10.4. The highest BCUT2D eigenvalue weighted by molar-refractivity contribution is 6.07. The number of carbonyl (C=O) groups is 2. The van der Waals surface area contributed by atoms with Crippen molar-refractivity contribution in [2.24, 2.45) is 0 Å². The minimum Gasteiger partial charge on any atom is -0.320 e. The first kappa shape index (κ1) is 27.0. The highest BCUT2D eigenvalue weighted by Gasteiger charge is 2.32. The van der Waals surface area contributed by atoms with Crippen molar-refractivity contribution in [1.29, 1.82) is 0 Å². The van der Waals surface area contributed by atoms with Gasteiger partial charge in [-0.2, -0.15) is 26.3 Å². The van der Waals surface area contributed by atoms with Gasteiger partial charge in [0.15, 0.2) is 0 Å². The summed E-state index contributed by atoms with van der Waals surface area (Å²) in [5.74, 6) is -0.769. The minimum atomic E-state index is -4.61. The Bertz CT molecular complexity index is 1340. The smallest absolute Gasteiger partial charge is 0.320 e. The molecule has 3 aromatic rings. The number of amides is 3. The van der Waals surface area contributed by atoms with Crippen LogP contribution in [0.15, 0.2) is 66.7 Å². The Morgan fingerprint density at radius 2 is 1.55 bits per heavy atom. The van der Waals surface area contributed by atoms with Gasteiger partial charge in [0.2, 0.25) is 0 Å². The van der Waals surface area contributed by atoms with Crippen LogP contribution in [-0.2, 0) is 18.9 Å². The Hall–Kier alpha value is -4.02. The quantitative estimate of drug-likeness (QED) is 0.354. The molecule has 1 fully saturated rings. The van der Waals surface area contributed by atoms with Gasteiger partial charge in [-0.05, 0) is 66.9 Å². The van der Waals surface area contributed by atoms with E-state index in [1.54, 1.807) is 25.1 Å². The van der Waals surface area contributed by atoms with Crippen molar-refractivity contribution >= 4 is 23.3 Å². The first-order chi connectivity index (χ1) is 17.8. The monoisotopic (exact) mass is 535 g/mol.